The molecule has 5 nitrogen and oxygen atoms in total. The molecular formula is C23H19FN2O3. The Hall–Kier alpha value is -3.67. The Labute approximate surface area is 166 Å². The van der Waals surface area contributed by atoms with Crippen molar-refractivity contribution in [1.82, 2.24) is 9.55 Å². The summed E-state index contributed by atoms with van der Waals surface area (Å²) in [6.45, 7) is 3.70. The van der Waals surface area contributed by atoms with Gasteiger partial charge in [0.1, 0.15) is 11.5 Å². The second kappa shape index (κ2) is 7.05. The summed E-state index contributed by atoms with van der Waals surface area (Å²) in [6, 6.07) is 15.2. The average Bonchev–Trinajstić information content (AvgIpc) is 2.97. The van der Waals surface area contributed by atoms with Crippen molar-refractivity contribution in [3.05, 3.63) is 93.3 Å². The SMILES string of the molecule is Cc1ccc2c(c1)c(-c1ccc(C)[nH]c1=O)c(C(=O)O)n2Cc1ccccc1F. The number of rotatable bonds is 4. The van der Waals surface area contributed by atoms with E-state index < -0.39 is 11.8 Å². The molecule has 0 atom stereocenters. The lowest BCUT2D eigenvalue weighted by molar-refractivity contribution is 0.0687. The van der Waals surface area contributed by atoms with Crippen molar-refractivity contribution in [3.63, 3.8) is 0 Å². The first-order valence-corrected chi connectivity index (χ1v) is 9.16. The van der Waals surface area contributed by atoms with E-state index in [-0.39, 0.29) is 23.4 Å². The van der Waals surface area contributed by atoms with Gasteiger partial charge in [-0.15, -0.1) is 0 Å². The highest BCUT2D eigenvalue weighted by atomic mass is 19.1. The largest absolute Gasteiger partial charge is 0.477 e. The van der Waals surface area contributed by atoms with Crippen LogP contribution in [0.25, 0.3) is 22.0 Å². The van der Waals surface area contributed by atoms with E-state index in [1.54, 1.807) is 41.8 Å². The number of pyridine rings is 1. The number of benzene rings is 2. The minimum absolute atomic E-state index is 0.0387. The highest BCUT2D eigenvalue weighted by Gasteiger charge is 2.25. The Kier molecular flexibility index (Phi) is 4.54. The van der Waals surface area contributed by atoms with Crippen LogP contribution in [-0.2, 0) is 6.54 Å². The molecule has 0 aliphatic rings. The molecule has 0 saturated carbocycles. The fourth-order valence-corrected chi connectivity index (χ4v) is 3.69. The van der Waals surface area contributed by atoms with Crippen LogP contribution < -0.4 is 5.56 Å². The third-order valence-corrected chi connectivity index (χ3v) is 5.03. The van der Waals surface area contributed by atoms with Crippen LogP contribution in [0.4, 0.5) is 4.39 Å². The van der Waals surface area contributed by atoms with Crippen molar-refractivity contribution in [2.75, 3.05) is 0 Å². The monoisotopic (exact) mass is 390 g/mol. The Bertz CT molecular complexity index is 1320. The van der Waals surface area contributed by atoms with Crippen molar-refractivity contribution in [3.8, 4) is 11.1 Å². The van der Waals surface area contributed by atoms with Crippen LogP contribution in [-0.4, -0.2) is 20.6 Å². The highest BCUT2D eigenvalue weighted by molar-refractivity contribution is 6.08. The van der Waals surface area contributed by atoms with Crippen LogP contribution in [0.5, 0.6) is 0 Å². The molecule has 0 spiro atoms. The predicted octanol–water partition coefficient (Wildman–Crippen LogP) is 4.50. The Morgan fingerprint density at radius 3 is 2.55 bits per heavy atom. The van der Waals surface area contributed by atoms with Crippen LogP contribution in [0.2, 0.25) is 0 Å². The van der Waals surface area contributed by atoms with Gasteiger partial charge in [-0.2, -0.15) is 0 Å². The van der Waals surface area contributed by atoms with Gasteiger partial charge in [0, 0.05) is 27.7 Å². The number of carbonyl (C=O) groups is 1. The molecular weight excluding hydrogens is 371 g/mol. The molecule has 0 aliphatic carbocycles. The molecule has 4 aromatic rings. The molecule has 0 saturated heterocycles. The van der Waals surface area contributed by atoms with E-state index in [1.165, 1.54) is 6.07 Å². The zero-order chi connectivity index (χ0) is 20.7. The van der Waals surface area contributed by atoms with Gasteiger partial charge in [-0.05, 0) is 44.2 Å². The second-order valence-electron chi connectivity index (χ2n) is 7.11. The predicted molar refractivity (Wildman–Crippen MR) is 110 cm³/mol. The summed E-state index contributed by atoms with van der Waals surface area (Å²) in [7, 11) is 0. The number of nitrogens with zero attached hydrogens (tertiary/aromatic N) is 1. The first-order valence-electron chi connectivity index (χ1n) is 9.16. The van der Waals surface area contributed by atoms with Crippen molar-refractivity contribution in [1.29, 1.82) is 0 Å². The van der Waals surface area contributed by atoms with Gasteiger partial charge in [0.2, 0.25) is 0 Å². The third kappa shape index (κ3) is 3.23. The summed E-state index contributed by atoms with van der Waals surface area (Å²) in [5, 5.41) is 10.7. The first-order chi connectivity index (χ1) is 13.9. The van der Waals surface area contributed by atoms with Crippen LogP contribution in [0.3, 0.4) is 0 Å². The van der Waals surface area contributed by atoms with Gasteiger partial charge >= 0.3 is 5.97 Å². The van der Waals surface area contributed by atoms with Gasteiger partial charge in [-0.3, -0.25) is 4.79 Å². The summed E-state index contributed by atoms with van der Waals surface area (Å²) in [5.74, 6) is -1.59. The number of H-pyrrole nitrogens is 1. The number of fused-ring (bicyclic) bond motifs is 1. The van der Waals surface area contributed by atoms with Crippen LogP contribution in [0.1, 0.15) is 27.3 Å². The fraction of sp³-hybridized carbons (Fsp3) is 0.130. The van der Waals surface area contributed by atoms with Gasteiger partial charge in [0.05, 0.1) is 12.1 Å². The summed E-state index contributed by atoms with van der Waals surface area (Å²) >= 11 is 0. The molecule has 2 aromatic heterocycles. The average molecular weight is 390 g/mol. The Morgan fingerprint density at radius 1 is 1.10 bits per heavy atom. The Balaban J connectivity index is 2.09. The van der Waals surface area contributed by atoms with Crippen LogP contribution >= 0.6 is 0 Å². The molecule has 29 heavy (non-hydrogen) atoms. The second-order valence-corrected chi connectivity index (χ2v) is 7.11. The zero-order valence-electron chi connectivity index (χ0n) is 16.0. The molecule has 2 aromatic carbocycles. The molecule has 0 aliphatic heterocycles. The molecule has 2 heterocycles. The normalized spacial score (nSPS) is 11.1. The van der Waals surface area contributed by atoms with E-state index in [9.17, 15) is 19.1 Å². The smallest absolute Gasteiger partial charge is 0.353 e. The van der Waals surface area contributed by atoms with E-state index >= 15 is 0 Å². The number of aromatic carboxylic acids is 1. The van der Waals surface area contributed by atoms with E-state index in [2.05, 4.69) is 4.98 Å². The molecule has 0 unspecified atom stereocenters. The van der Waals surface area contributed by atoms with Crippen LogP contribution in [0.15, 0.2) is 59.4 Å². The van der Waals surface area contributed by atoms with Gasteiger partial charge in [0.25, 0.3) is 5.56 Å². The Morgan fingerprint density at radius 2 is 1.86 bits per heavy atom. The number of aromatic nitrogens is 2. The molecule has 0 radical (unpaired) electrons. The molecule has 146 valence electrons. The highest BCUT2D eigenvalue weighted by Crippen LogP contribution is 2.35. The van der Waals surface area contributed by atoms with Crippen molar-refractivity contribution < 1.29 is 14.3 Å². The van der Waals surface area contributed by atoms with Gasteiger partial charge in [0.15, 0.2) is 0 Å². The maximum atomic E-state index is 14.3. The molecule has 0 amide bonds. The topological polar surface area (TPSA) is 75.1 Å². The number of aryl methyl sites for hydroxylation is 2. The summed E-state index contributed by atoms with van der Waals surface area (Å²) < 4.78 is 15.9. The van der Waals surface area contributed by atoms with Crippen LogP contribution in [0, 0.1) is 19.7 Å². The van der Waals surface area contributed by atoms with E-state index in [0.29, 0.717) is 27.7 Å². The summed E-state index contributed by atoms with van der Waals surface area (Å²) in [6.07, 6.45) is 0. The maximum absolute atomic E-state index is 14.3. The lowest BCUT2D eigenvalue weighted by atomic mass is 10.0. The molecule has 4 rings (SSSR count). The molecule has 0 fully saturated rings. The molecule has 2 N–H and O–H groups in total. The quantitative estimate of drug-likeness (QED) is 0.539. The number of aromatic amines is 1. The third-order valence-electron chi connectivity index (χ3n) is 5.03. The van der Waals surface area contributed by atoms with Gasteiger partial charge < -0.3 is 14.7 Å². The number of hydrogen-bond acceptors (Lipinski definition) is 2. The lowest BCUT2D eigenvalue weighted by Gasteiger charge is -2.10. The summed E-state index contributed by atoms with van der Waals surface area (Å²) in [4.78, 5) is 27.7. The van der Waals surface area contributed by atoms with Crippen molar-refractivity contribution in [2.45, 2.75) is 20.4 Å². The zero-order valence-corrected chi connectivity index (χ0v) is 16.0. The van der Waals surface area contributed by atoms with E-state index in [0.717, 1.165) is 5.56 Å². The minimum Gasteiger partial charge on any atom is -0.477 e. The van der Waals surface area contributed by atoms with Gasteiger partial charge in [-0.25, -0.2) is 9.18 Å². The van der Waals surface area contributed by atoms with Crippen molar-refractivity contribution >= 4 is 16.9 Å². The number of hydrogen-bond donors (Lipinski definition) is 2. The lowest BCUT2D eigenvalue weighted by Crippen LogP contribution is -2.14. The molecule has 0 bridgehead atoms. The molecule has 6 heteroatoms. The summed E-state index contributed by atoms with van der Waals surface area (Å²) in [5.41, 5.74) is 2.83. The standard InChI is InChI=1S/C23H19FN2O3/c1-13-7-10-19-17(11-13)20(16-9-8-14(2)25-22(16)27)21(23(28)29)26(19)12-15-5-3-4-6-18(15)24/h3-11H,12H2,1-2H3,(H,25,27)(H,28,29). The van der Waals surface area contributed by atoms with Gasteiger partial charge in [-0.1, -0.05) is 29.8 Å². The minimum atomic E-state index is -1.18. The first kappa shape index (κ1) is 18.7. The van der Waals surface area contributed by atoms with E-state index in [1.807, 2.05) is 25.1 Å². The number of halogens is 1. The number of carboxylic acids is 1. The van der Waals surface area contributed by atoms with E-state index in [4.69, 9.17) is 0 Å². The number of carboxylic acid groups (broad SMARTS) is 1. The number of nitrogens with one attached hydrogen (secondary N) is 1. The maximum Gasteiger partial charge on any atom is 0.353 e. The fourth-order valence-electron chi connectivity index (χ4n) is 3.69. The van der Waals surface area contributed by atoms with Crippen molar-refractivity contribution in [2.24, 2.45) is 0 Å².